The second kappa shape index (κ2) is 4.93. The number of hydrogen-bond donors (Lipinski definition) is 2. The summed E-state index contributed by atoms with van der Waals surface area (Å²) in [5.74, 6) is -0.849. The summed E-state index contributed by atoms with van der Waals surface area (Å²) in [6.45, 7) is 2.79. The number of likely N-dealkylation sites (tertiary alicyclic amines) is 1. The summed E-state index contributed by atoms with van der Waals surface area (Å²) in [6, 6.07) is -0.227. The maximum Gasteiger partial charge on any atom is 0.317 e. The van der Waals surface area contributed by atoms with E-state index in [2.05, 4.69) is 10.3 Å². The molecule has 1 aliphatic rings. The van der Waals surface area contributed by atoms with Crippen molar-refractivity contribution in [2.45, 2.75) is 19.9 Å². The van der Waals surface area contributed by atoms with E-state index in [1.165, 1.54) is 11.3 Å². The van der Waals surface area contributed by atoms with Gasteiger partial charge in [-0.05, 0) is 13.3 Å². The van der Waals surface area contributed by atoms with Crippen molar-refractivity contribution in [3.8, 4) is 0 Å². The molecular formula is C11H15N3O3S. The SMILES string of the molecule is CC1(C(=O)O)CCN(C(=O)NCc2nccs2)C1. The molecule has 0 radical (unpaired) electrons. The van der Waals surface area contributed by atoms with Crippen LogP contribution in [0.5, 0.6) is 0 Å². The van der Waals surface area contributed by atoms with Gasteiger partial charge in [0.1, 0.15) is 5.01 Å². The molecule has 6 nitrogen and oxygen atoms in total. The fourth-order valence-electron chi connectivity index (χ4n) is 1.91. The Morgan fingerprint density at radius 1 is 1.67 bits per heavy atom. The fourth-order valence-corrected chi connectivity index (χ4v) is 2.47. The zero-order valence-corrected chi connectivity index (χ0v) is 10.9. The molecule has 0 aromatic carbocycles. The second-order valence-electron chi connectivity index (χ2n) is 4.62. The van der Waals surface area contributed by atoms with Crippen LogP contribution in [0.15, 0.2) is 11.6 Å². The van der Waals surface area contributed by atoms with Crippen LogP contribution in [0.1, 0.15) is 18.4 Å². The number of aromatic nitrogens is 1. The molecule has 2 rings (SSSR count). The van der Waals surface area contributed by atoms with Gasteiger partial charge in [-0.2, -0.15) is 0 Å². The monoisotopic (exact) mass is 269 g/mol. The lowest BCUT2D eigenvalue weighted by molar-refractivity contribution is -0.146. The Labute approximate surface area is 109 Å². The van der Waals surface area contributed by atoms with Crippen molar-refractivity contribution in [1.29, 1.82) is 0 Å². The molecule has 1 saturated heterocycles. The number of carbonyl (C=O) groups is 2. The predicted molar refractivity (Wildman–Crippen MR) is 66.3 cm³/mol. The van der Waals surface area contributed by atoms with Crippen LogP contribution in [0.2, 0.25) is 0 Å². The van der Waals surface area contributed by atoms with Gasteiger partial charge in [-0.15, -0.1) is 11.3 Å². The Morgan fingerprint density at radius 3 is 3.00 bits per heavy atom. The first-order valence-electron chi connectivity index (χ1n) is 5.66. The van der Waals surface area contributed by atoms with Gasteiger partial charge in [0.25, 0.3) is 0 Å². The van der Waals surface area contributed by atoms with Gasteiger partial charge in [0.2, 0.25) is 0 Å². The van der Waals surface area contributed by atoms with Crippen molar-refractivity contribution in [1.82, 2.24) is 15.2 Å². The summed E-state index contributed by atoms with van der Waals surface area (Å²) < 4.78 is 0. The second-order valence-corrected chi connectivity index (χ2v) is 5.60. The molecule has 1 unspecified atom stereocenters. The average Bonchev–Trinajstić information content (AvgIpc) is 2.95. The Hall–Kier alpha value is -1.63. The number of nitrogens with zero attached hydrogens (tertiary/aromatic N) is 2. The summed E-state index contributed by atoms with van der Waals surface area (Å²) in [5.41, 5.74) is -0.821. The van der Waals surface area contributed by atoms with Gasteiger partial charge >= 0.3 is 12.0 Å². The van der Waals surface area contributed by atoms with Gasteiger partial charge in [-0.3, -0.25) is 4.79 Å². The summed E-state index contributed by atoms with van der Waals surface area (Å²) in [4.78, 5) is 28.5. The topological polar surface area (TPSA) is 82.5 Å². The third kappa shape index (κ3) is 2.61. The predicted octanol–water partition coefficient (Wildman–Crippen LogP) is 1.15. The smallest absolute Gasteiger partial charge is 0.317 e. The number of urea groups is 1. The van der Waals surface area contributed by atoms with E-state index >= 15 is 0 Å². The van der Waals surface area contributed by atoms with E-state index in [1.807, 2.05) is 5.38 Å². The zero-order chi connectivity index (χ0) is 13.2. The molecule has 0 saturated carbocycles. The number of aliphatic carboxylic acids is 1. The van der Waals surface area contributed by atoms with Crippen molar-refractivity contribution in [2.24, 2.45) is 5.41 Å². The minimum atomic E-state index is -0.849. The first kappa shape index (κ1) is 12.8. The average molecular weight is 269 g/mol. The molecule has 7 heteroatoms. The molecule has 0 aliphatic carbocycles. The lowest BCUT2D eigenvalue weighted by Gasteiger charge is -2.20. The van der Waals surface area contributed by atoms with Gasteiger partial charge in [0.15, 0.2) is 0 Å². The van der Waals surface area contributed by atoms with Crippen LogP contribution in [-0.4, -0.2) is 40.1 Å². The first-order valence-corrected chi connectivity index (χ1v) is 6.54. The zero-order valence-electron chi connectivity index (χ0n) is 10.0. The molecule has 1 aromatic rings. The number of carboxylic acids is 1. The summed E-state index contributed by atoms with van der Waals surface area (Å²) in [7, 11) is 0. The minimum Gasteiger partial charge on any atom is -0.481 e. The van der Waals surface area contributed by atoms with E-state index in [9.17, 15) is 9.59 Å². The van der Waals surface area contributed by atoms with Crippen LogP contribution in [0.3, 0.4) is 0 Å². The van der Waals surface area contributed by atoms with Crippen molar-refractivity contribution in [3.05, 3.63) is 16.6 Å². The number of nitrogens with one attached hydrogen (secondary N) is 1. The van der Waals surface area contributed by atoms with Gasteiger partial charge in [-0.1, -0.05) is 0 Å². The number of carbonyl (C=O) groups excluding carboxylic acids is 1. The number of amides is 2. The molecule has 1 atom stereocenters. The van der Waals surface area contributed by atoms with Crippen LogP contribution in [0.25, 0.3) is 0 Å². The lowest BCUT2D eigenvalue weighted by Crippen LogP contribution is -2.40. The maximum absolute atomic E-state index is 11.8. The van der Waals surface area contributed by atoms with Crippen molar-refractivity contribution < 1.29 is 14.7 Å². The number of hydrogen-bond acceptors (Lipinski definition) is 4. The van der Waals surface area contributed by atoms with Crippen LogP contribution >= 0.6 is 11.3 Å². The van der Waals surface area contributed by atoms with E-state index in [4.69, 9.17) is 5.11 Å². The van der Waals surface area contributed by atoms with Gasteiger partial charge in [-0.25, -0.2) is 9.78 Å². The highest BCUT2D eigenvalue weighted by molar-refractivity contribution is 7.09. The Kier molecular flexibility index (Phi) is 3.51. The molecule has 98 valence electrons. The lowest BCUT2D eigenvalue weighted by atomic mass is 9.90. The van der Waals surface area contributed by atoms with Crippen LogP contribution in [-0.2, 0) is 11.3 Å². The fraction of sp³-hybridized carbons (Fsp3) is 0.545. The molecule has 0 bridgehead atoms. The molecule has 1 aromatic heterocycles. The van der Waals surface area contributed by atoms with E-state index < -0.39 is 11.4 Å². The Bertz CT molecular complexity index is 448. The van der Waals surface area contributed by atoms with Gasteiger partial charge < -0.3 is 15.3 Å². The normalized spacial score (nSPS) is 23.1. The molecule has 0 spiro atoms. The molecule has 1 fully saturated rings. The van der Waals surface area contributed by atoms with Crippen LogP contribution in [0.4, 0.5) is 4.79 Å². The van der Waals surface area contributed by atoms with E-state index in [1.54, 1.807) is 18.0 Å². The van der Waals surface area contributed by atoms with Gasteiger partial charge in [0.05, 0.1) is 12.0 Å². The summed E-state index contributed by atoms with van der Waals surface area (Å²) in [5, 5.41) is 14.5. The molecule has 1 aliphatic heterocycles. The third-order valence-corrected chi connectivity index (χ3v) is 3.93. The third-order valence-electron chi connectivity index (χ3n) is 3.15. The first-order chi connectivity index (χ1) is 8.51. The van der Waals surface area contributed by atoms with E-state index in [0.717, 1.165) is 5.01 Å². The number of rotatable bonds is 3. The highest BCUT2D eigenvalue weighted by Crippen LogP contribution is 2.29. The number of carboxylic acid groups (broad SMARTS) is 1. The largest absolute Gasteiger partial charge is 0.481 e. The summed E-state index contributed by atoms with van der Waals surface area (Å²) >= 11 is 1.47. The van der Waals surface area contributed by atoms with Crippen molar-refractivity contribution in [3.63, 3.8) is 0 Å². The molecular weight excluding hydrogens is 254 g/mol. The van der Waals surface area contributed by atoms with E-state index in [-0.39, 0.29) is 12.6 Å². The highest BCUT2D eigenvalue weighted by atomic mass is 32.1. The quantitative estimate of drug-likeness (QED) is 0.862. The van der Waals surface area contributed by atoms with Crippen molar-refractivity contribution in [2.75, 3.05) is 13.1 Å². The minimum absolute atomic E-state index is 0.227. The molecule has 2 heterocycles. The van der Waals surface area contributed by atoms with Crippen molar-refractivity contribution >= 4 is 23.3 Å². The summed E-state index contributed by atoms with van der Waals surface area (Å²) in [6.07, 6.45) is 2.18. The highest BCUT2D eigenvalue weighted by Gasteiger charge is 2.42. The Morgan fingerprint density at radius 2 is 2.44 bits per heavy atom. The van der Waals surface area contributed by atoms with E-state index in [0.29, 0.717) is 19.5 Å². The van der Waals surface area contributed by atoms with Gasteiger partial charge in [0, 0.05) is 24.7 Å². The molecule has 2 amide bonds. The maximum atomic E-state index is 11.8. The number of thiazole rings is 1. The standard InChI is InChI=1S/C11H15N3O3S/c1-11(9(15)16)2-4-14(7-11)10(17)13-6-8-12-3-5-18-8/h3,5H,2,4,6-7H2,1H3,(H,13,17)(H,15,16). The van der Waals surface area contributed by atoms with Crippen LogP contribution in [0, 0.1) is 5.41 Å². The molecule has 18 heavy (non-hydrogen) atoms. The van der Waals surface area contributed by atoms with Crippen LogP contribution < -0.4 is 5.32 Å². The Balaban J connectivity index is 1.86. The molecule has 2 N–H and O–H groups in total.